The van der Waals surface area contributed by atoms with Gasteiger partial charge in [0.2, 0.25) is 0 Å². The van der Waals surface area contributed by atoms with Crippen molar-refractivity contribution in [3.8, 4) is 0 Å². The summed E-state index contributed by atoms with van der Waals surface area (Å²) < 4.78 is 10.1. The van der Waals surface area contributed by atoms with Crippen molar-refractivity contribution in [3.05, 3.63) is 0 Å². The van der Waals surface area contributed by atoms with Crippen molar-refractivity contribution in [2.24, 2.45) is 0 Å². The average Bonchev–Trinajstić information content (AvgIpc) is 2.08. The predicted molar refractivity (Wildman–Crippen MR) is 54.1 cm³/mol. The van der Waals surface area contributed by atoms with Crippen LogP contribution in [0.5, 0.6) is 0 Å². The molecule has 80 valence electrons. The predicted octanol–water partition coefficient (Wildman–Crippen LogP) is 2.22. The lowest BCUT2D eigenvalue weighted by Crippen LogP contribution is -2.11. The van der Waals surface area contributed by atoms with Crippen LogP contribution >= 0.6 is 11.6 Å². The highest BCUT2D eigenvalue weighted by Gasteiger charge is 1.94. The number of rotatable bonds is 6. The van der Waals surface area contributed by atoms with E-state index in [1.54, 1.807) is 0 Å². The molecule has 0 heterocycles. The molecule has 0 aromatic carbocycles. The first-order valence-corrected chi connectivity index (χ1v) is 4.99. The molecule has 0 fully saturated rings. The van der Waals surface area contributed by atoms with E-state index >= 15 is 0 Å². The van der Waals surface area contributed by atoms with Gasteiger partial charge in [0, 0.05) is 25.5 Å². The molecule has 13 heavy (non-hydrogen) atoms. The molecule has 0 spiro atoms. The number of carbonyl (C=O) groups excluding carboxylic acids is 1. The molecule has 0 saturated heterocycles. The zero-order valence-corrected chi connectivity index (χ0v) is 9.34. The van der Waals surface area contributed by atoms with Crippen LogP contribution in [0.15, 0.2) is 0 Å². The molecule has 0 rings (SSSR count). The Hall–Kier alpha value is -0.120. The lowest BCUT2D eigenvalue weighted by atomic mass is 10.6. The number of halogens is 1. The Morgan fingerprint density at radius 2 is 1.77 bits per heavy atom. The molecule has 0 unspecified atom stereocenters. The van der Waals surface area contributed by atoms with Crippen LogP contribution < -0.4 is 0 Å². The summed E-state index contributed by atoms with van der Waals surface area (Å²) in [4.78, 5) is 9.32. The minimum Gasteiger partial charge on any atom is -0.353 e. The summed E-state index contributed by atoms with van der Waals surface area (Å²) in [5, 5.41) is 0. The highest BCUT2D eigenvalue weighted by Crippen LogP contribution is 1.90. The summed E-state index contributed by atoms with van der Waals surface area (Å²) in [6.07, 6.45) is 1.24. The zero-order valence-electron chi connectivity index (χ0n) is 8.59. The molecule has 0 aliphatic rings. The van der Waals surface area contributed by atoms with Gasteiger partial charge >= 0.3 is 0 Å². The number of carbonyl (C=O) groups is 1. The van der Waals surface area contributed by atoms with Crippen LogP contribution in [0.4, 0.5) is 0 Å². The van der Waals surface area contributed by atoms with Crippen molar-refractivity contribution in [2.75, 3.05) is 19.1 Å². The molecule has 0 aliphatic heterocycles. The lowest BCUT2D eigenvalue weighted by molar-refractivity contribution is -0.123. The maximum atomic E-state index is 9.32. The van der Waals surface area contributed by atoms with Crippen LogP contribution in [0.1, 0.15) is 27.2 Å². The summed E-state index contributed by atoms with van der Waals surface area (Å²) in [6, 6.07) is 0. The summed E-state index contributed by atoms with van der Waals surface area (Å²) in [6.45, 7) is 7.25. The Morgan fingerprint density at radius 3 is 1.92 bits per heavy atom. The van der Waals surface area contributed by atoms with E-state index in [-0.39, 0.29) is 6.29 Å². The minimum atomic E-state index is -0.0370. The summed E-state index contributed by atoms with van der Waals surface area (Å²) in [5.41, 5.74) is 0. The molecule has 3 nitrogen and oxygen atoms in total. The Morgan fingerprint density at radius 1 is 1.31 bits per heavy atom. The molecule has 0 atom stereocenters. The Labute approximate surface area is 85.4 Å². The molecular formula is C9H19ClO3. The van der Waals surface area contributed by atoms with Crippen LogP contribution in [-0.4, -0.2) is 31.7 Å². The van der Waals surface area contributed by atoms with Crippen LogP contribution in [-0.2, 0) is 14.3 Å². The number of hydrogen-bond donors (Lipinski definition) is 0. The van der Waals surface area contributed by atoms with Crippen LogP contribution in [0.25, 0.3) is 0 Å². The van der Waals surface area contributed by atoms with Crippen molar-refractivity contribution in [1.82, 2.24) is 0 Å². The van der Waals surface area contributed by atoms with Gasteiger partial charge in [0.05, 0.1) is 0 Å². The summed E-state index contributed by atoms with van der Waals surface area (Å²) >= 11 is 5.07. The van der Waals surface area contributed by atoms with Crippen LogP contribution in [0.2, 0.25) is 0 Å². The molecule has 0 radical (unpaired) electrons. The fourth-order valence-corrected chi connectivity index (χ4v) is 0.651. The maximum Gasteiger partial charge on any atom is 0.154 e. The topological polar surface area (TPSA) is 35.5 Å². The smallest absolute Gasteiger partial charge is 0.154 e. The van der Waals surface area contributed by atoms with E-state index in [0.717, 1.165) is 19.5 Å². The highest BCUT2D eigenvalue weighted by molar-refractivity contribution is 6.18. The molecule has 0 amide bonds. The van der Waals surface area contributed by atoms with Crippen molar-refractivity contribution >= 4 is 17.9 Å². The highest BCUT2D eigenvalue weighted by atomic mass is 35.5. The van der Waals surface area contributed by atoms with E-state index in [2.05, 4.69) is 0 Å². The molecular weight excluding hydrogens is 192 g/mol. The van der Waals surface area contributed by atoms with Crippen molar-refractivity contribution < 1.29 is 14.3 Å². The van der Waals surface area contributed by atoms with Crippen molar-refractivity contribution in [2.45, 2.75) is 33.5 Å². The molecule has 0 aromatic heterocycles. The average molecular weight is 211 g/mol. The van der Waals surface area contributed by atoms with E-state index in [1.165, 1.54) is 0 Å². The maximum absolute atomic E-state index is 9.32. The zero-order chi connectivity index (χ0) is 10.5. The number of hydrogen-bond acceptors (Lipinski definition) is 3. The van der Waals surface area contributed by atoms with E-state index < -0.39 is 0 Å². The van der Waals surface area contributed by atoms with Gasteiger partial charge in [-0.25, -0.2) is 0 Å². The van der Waals surface area contributed by atoms with Gasteiger partial charge < -0.3 is 14.3 Å². The molecule has 0 saturated carbocycles. The van der Waals surface area contributed by atoms with E-state index in [9.17, 15) is 4.79 Å². The first-order valence-electron chi connectivity index (χ1n) is 4.45. The van der Waals surface area contributed by atoms with Gasteiger partial charge in [-0.15, -0.1) is 11.6 Å². The van der Waals surface area contributed by atoms with Gasteiger partial charge in [0.15, 0.2) is 6.29 Å². The second-order valence-electron chi connectivity index (χ2n) is 2.12. The monoisotopic (exact) mass is 210 g/mol. The second kappa shape index (κ2) is 14.4. The van der Waals surface area contributed by atoms with Gasteiger partial charge in [-0.3, -0.25) is 0 Å². The first-order chi connectivity index (χ1) is 6.22. The normalized spacial score (nSPS) is 9.31. The molecule has 0 aromatic rings. The third-order valence-electron chi connectivity index (χ3n) is 1.03. The Kier molecular flexibility index (Phi) is 17.0. The summed E-state index contributed by atoms with van der Waals surface area (Å²) in [7, 11) is 0. The van der Waals surface area contributed by atoms with Gasteiger partial charge in [-0.05, 0) is 20.8 Å². The molecule has 0 bridgehead atoms. The van der Waals surface area contributed by atoms with Gasteiger partial charge in [0.25, 0.3) is 0 Å². The largest absolute Gasteiger partial charge is 0.353 e. The van der Waals surface area contributed by atoms with Gasteiger partial charge in [0.1, 0.15) is 6.29 Å². The first kappa shape index (κ1) is 15.4. The third kappa shape index (κ3) is 18.7. The summed E-state index contributed by atoms with van der Waals surface area (Å²) in [5.74, 6) is 0.448. The van der Waals surface area contributed by atoms with E-state index in [0.29, 0.717) is 12.3 Å². The number of ether oxygens (including phenoxy) is 2. The van der Waals surface area contributed by atoms with Gasteiger partial charge in [-0.1, -0.05) is 0 Å². The third-order valence-corrected chi connectivity index (χ3v) is 1.25. The van der Waals surface area contributed by atoms with Gasteiger partial charge in [-0.2, -0.15) is 0 Å². The van der Waals surface area contributed by atoms with Crippen molar-refractivity contribution in [1.29, 1.82) is 0 Å². The minimum absolute atomic E-state index is 0.0370. The van der Waals surface area contributed by atoms with Crippen LogP contribution in [0, 0.1) is 0 Å². The van der Waals surface area contributed by atoms with E-state index in [4.69, 9.17) is 21.1 Å². The molecule has 4 heteroatoms. The Bertz CT molecular complexity index is 92.9. The Balaban J connectivity index is 0. The molecule has 0 N–H and O–H groups in total. The SMILES string of the molecule is CCOC(C)OCC.O=CCCCl. The van der Waals surface area contributed by atoms with Crippen LogP contribution in [0.3, 0.4) is 0 Å². The molecule has 0 aliphatic carbocycles. The fraction of sp³-hybridized carbons (Fsp3) is 0.889. The number of alkyl halides is 1. The lowest BCUT2D eigenvalue weighted by Gasteiger charge is -2.09. The van der Waals surface area contributed by atoms with Crippen molar-refractivity contribution in [3.63, 3.8) is 0 Å². The quantitative estimate of drug-likeness (QED) is 0.383. The second-order valence-corrected chi connectivity index (χ2v) is 2.50. The standard InChI is InChI=1S/C6H14O2.C3H5ClO/c1-4-7-6(3)8-5-2;4-2-1-3-5/h6H,4-5H2,1-3H3;3H,1-2H2. The fourth-order valence-electron chi connectivity index (χ4n) is 0.562. The number of aldehydes is 1. The van der Waals surface area contributed by atoms with E-state index in [1.807, 2.05) is 20.8 Å².